The van der Waals surface area contributed by atoms with Crippen molar-refractivity contribution in [2.24, 2.45) is 10.7 Å². The van der Waals surface area contributed by atoms with Gasteiger partial charge in [-0.1, -0.05) is 0 Å². The largest absolute Gasteiger partial charge is 0.490 e. The third kappa shape index (κ3) is 6.42. The van der Waals surface area contributed by atoms with Crippen molar-refractivity contribution in [1.29, 1.82) is 0 Å². The summed E-state index contributed by atoms with van der Waals surface area (Å²) in [6.45, 7) is 7.70. The number of halogens is 1. The molecule has 0 atom stereocenters. The summed E-state index contributed by atoms with van der Waals surface area (Å²) in [4.78, 5) is 19.9. The van der Waals surface area contributed by atoms with E-state index in [1.165, 1.54) is 0 Å². The number of ether oxygens (including phenoxy) is 2. The standard InChI is InChI=1S/C18H27N5O3.HI/c1-14(24)23-9-7-22(8-10-23)6-5-20-18(19)21-15-3-4-16-17(13-15)26-12-2-11-25-16;/h3-4,13H,2,5-12H2,1H3,(H3,19,20,21);1H. The first-order chi connectivity index (χ1) is 12.6. The van der Waals surface area contributed by atoms with Crippen LogP contribution >= 0.6 is 24.0 Å². The molecule has 150 valence electrons. The number of anilines is 1. The number of nitrogens with one attached hydrogen (secondary N) is 1. The second kappa shape index (κ2) is 10.5. The Morgan fingerprint density at radius 3 is 2.59 bits per heavy atom. The Bertz CT molecular complexity index is 662. The smallest absolute Gasteiger partial charge is 0.219 e. The van der Waals surface area contributed by atoms with Crippen molar-refractivity contribution in [3.05, 3.63) is 18.2 Å². The van der Waals surface area contributed by atoms with E-state index in [2.05, 4.69) is 15.2 Å². The monoisotopic (exact) mass is 489 g/mol. The Balaban J connectivity index is 0.00000261. The maximum absolute atomic E-state index is 11.3. The molecule has 2 aliphatic rings. The minimum Gasteiger partial charge on any atom is -0.490 e. The van der Waals surface area contributed by atoms with Gasteiger partial charge in [0, 0.05) is 57.8 Å². The van der Waals surface area contributed by atoms with Crippen molar-refractivity contribution >= 4 is 41.5 Å². The lowest BCUT2D eigenvalue weighted by atomic mass is 10.3. The molecule has 0 bridgehead atoms. The highest BCUT2D eigenvalue weighted by Gasteiger charge is 2.17. The van der Waals surface area contributed by atoms with Crippen LogP contribution in [0.3, 0.4) is 0 Å². The number of benzene rings is 1. The topological polar surface area (TPSA) is 92.4 Å². The molecule has 3 rings (SSSR count). The molecule has 1 saturated heterocycles. The lowest BCUT2D eigenvalue weighted by molar-refractivity contribution is -0.130. The van der Waals surface area contributed by atoms with Crippen molar-refractivity contribution in [2.45, 2.75) is 13.3 Å². The number of carbonyl (C=O) groups is 1. The van der Waals surface area contributed by atoms with Crippen molar-refractivity contribution < 1.29 is 14.3 Å². The Morgan fingerprint density at radius 1 is 1.19 bits per heavy atom. The number of hydrogen-bond acceptors (Lipinski definition) is 5. The first-order valence-electron chi connectivity index (χ1n) is 9.06. The van der Waals surface area contributed by atoms with E-state index in [1.807, 2.05) is 23.1 Å². The Morgan fingerprint density at radius 2 is 1.89 bits per heavy atom. The van der Waals surface area contributed by atoms with E-state index in [9.17, 15) is 4.79 Å². The highest BCUT2D eigenvalue weighted by molar-refractivity contribution is 14.0. The molecule has 0 spiro atoms. The van der Waals surface area contributed by atoms with Crippen molar-refractivity contribution in [3.63, 3.8) is 0 Å². The molecule has 0 saturated carbocycles. The molecule has 0 aliphatic carbocycles. The van der Waals surface area contributed by atoms with E-state index >= 15 is 0 Å². The van der Waals surface area contributed by atoms with Gasteiger partial charge in [-0.05, 0) is 12.1 Å². The minimum atomic E-state index is 0. The van der Waals surface area contributed by atoms with Crippen LogP contribution in [0.2, 0.25) is 0 Å². The minimum absolute atomic E-state index is 0. The molecule has 1 fully saturated rings. The maximum atomic E-state index is 11.3. The molecular weight excluding hydrogens is 461 g/mol. The highest BCUT2D eigenvalue weighted by Crippen LogP contribution is 2.32. The summed E-state index contributed by atoms with van der Waals surface area (Å²) < 4.78 is 11.3. The Labute approximate surface area is 177 Å². The summed E-state index contributed by atoms with van der Waals surface area (Å²) in [6.07, 6.45) is 0.877. The van der Waals surface area contributed by atoms with Crippen molar-refractivity contribution in [3.8, 4) is 11.5 Å². The molecule has 0 unspecified atom stereocenters. The quantitative estimate of drug-likeness (QED) is 0.377. The summed E-state index contributed by atoms with van der Waals surface area (Å²) in [5.41, 5.74) is 6.81. The van der Waals surface area contributed by atoms with Gasteiger partial charge in [-0.25, -0.2) is 0 Å². The van der Waals surface area contributed by atoms with E-state index in [1.54, 1.807) is 6.92 Å². The maximum Gasteiger partial charge on any atom is 0.219 e. The average Bonchev–Trinajstić information content (AvgIpc) is 2.87. The van der Waals surface area contributed by atoms with Gasteiger partial charge in [0.05, 0.1) is 19.8 Å². The molecule has 1 aromatic carbocycles. The number of amides is 1. The zero-order chi connectivity index (χ0) is 18.4. The summed E-state index contributed by atoms with van der Waals surface area (Å²) >= 11 is 0. The Kier molecular flexibility index (Phi) is 8.42. The first kappa shape index (κ1) is 21.5. The molecule has 1 aromatic rings. The van der Waals surface area contributed by atoms with Crippen LogP contribution in [0.15, 0.2) is 23.2 Å². The third-order valence-electron chi connectivity index (χ3n) is 4.54. The number of fused-ring (bicyclic) bond motifs is 1. The van der Waals surface area contributed by atoms with E-state index in [-0.39, 0.29) is 29.9 Å². The van der Waals surface area contributed by atoms with Gasteiger partial charge in [-0.15, -0.1) is 24.0 Å². The van der Waals surface area contributed by atoms with Gasteiger partial charge < -0.3 is 25.4 Å². The number of aliphatic imine (C=N–C) groups is 1. The molecule has 27 heavy (non-hydrogen) atoms. The molecule has 1 amide bonds. The summed E-state index contributed by atoms with van der Waals surface area (Å²) in [5, 5.41) is 3.09. The van der Waals surface area contributed by atoms with Crippen LogP contribution in [0.5, 0.6) is 11.5 Å². The van der Waals surface area contributed by atoms with Crippen molar-refractivity contribution in [1.82, 2.24) is 9.80 Å². The second-order valence-electron chi connectivity index (χ2n) is 6.45. The van der Waals surface area contributed by atoms with Crippen molar-refractivity contribution in [2.75, 3.05) is 57.8 Å². The van der Waals surface area contributed by atoms with Gasteiger partial charge in [0.15, 0.2) is 17.5 Å². The van der Waals surface area contributed by atoms with Crippen LogP contribution < -0.4 is 20.5 Å². The van der Waals surface area contributed by atoms with Crippen LogP contribution in [-0.2, 0) is 4.79 Å². The van der Waals surface area contributed by atoms with Gasteiger partial charge in [-0.2, -0.15) is 0 Å². The average molecular weight is 489 g/mol. The molecule has 0 radical (unpaired) electrons. The number of piperazine rings is 1. The fourth-order valence-corrected chi connectivity index (χ4v) is 3.03. The molecule has 0 aromatic heterocycles. The van der Waals surface area contributed by atoms with E-state index in [0.717, 1.165) is 56.3 Å². The fraction of sp³-hybridized carbons (Fsp3) is 0.556. The normalized spacial score (nSPS) is 17.7. The number of rotatable bonds is 4. The van der Waals surface area contributed by atoms with Crippen LogP contribution in [0.4, 0.5) is 5.69 Å². The number of carbonyl (C=O) groups excluding carboxylic acids is 1. The molecule has 2 heterocycles. The van der Waals surface area contributed by atoms with Gasteiger partial charge in [-0.3, -0.25) is 14.7 Å². The van der Waals surface area contributed by atoms with Gasteiger partial charge in [0.2, 0.25) is 5.91 Å². The zero-order valence-electron chi connectivity index (χ0n) is 15.6. The van der Waals surface area contributed by atoms with Crippen LogP contribution in [-0.4, -0.2) is 74.1 Å². The summed E-state index contributed by atoms with van der Waals surface area (Å²) in [5.74, 6) is 2.00. The van der Waals surface area contributed by atoms with E-state index in [4.69, 9.17) is 15.2 Å². The molecule has 9 heteroatoms. The SMILES string of the molecule is CC(=O)N1CCN(CCN=C(N)Nc2ccc3c(c2)OCCCO3)CC1.I. The molecule has 3 N–H and O–H groups in total. The predicted molar refractivity (Wildman–Crippen MR) is 116 cm³/mol. The Hall–Kier alpha value is -1.75. The van der Waals surface area contributed by atoms with Crippen LogP contribution in [0.1, 0.15) is 13.3 Å². The van der Waals surface area contributed by atoms with E-state index < -0.39 is 0 Å². The molecule has 8 nitrogen and oxygen atoms in total. The first-order valence-corrected chi connectivity index (χ1v) is 9.06. The lowest BCUT2D eigenvalue weighted by Crippen LogP contribution is -2.48. The number of hydrogen-bond donors (Lipinski definition) is 2. The van der Waals surface area contributed by atoms with Gasteiger partial charge in [0.25, 0.3) is 0 Å². The molecule has 2 aliphatic heterocycles. The third-order valence-corrected chi connectivity index (χ3v) is 4.54. The second-order valence-corrected chi connectivity index (χ2v) is 6.45. The highest BCUT2D eigenvalue weighted by atomic mass is 127. The number of guanidine groups is 1. The lowest BCUT2D eigenvalue weighted by Gasteiger charge is -2.33. The predicted octanol–water partition coefficient (Wildman–Crippen LogP) is 1.36. The van der Waals surface area contributed by atoms with Gasteiger partial charge >= 0.3 is 0 Å². The molecular formula is C18H28IN5O3. The van der Waals surface area contributed by atoms with Gasteiger partial charge in [0.1, 0.15) is 0 Å². The fourth-order valence-electron chi connectivity index (χ4n) is 3.03. The van der Waals surface area contributed by atoms with E-state index in [0.29, 0.717) is 25.7 Å². The van der Waals surface area contributed by atoms with Crippen LogP contribution in [0, 0.1) is 0 Å². The number of nitrogens with two attached hydrogens (primary N) is 1. The summed E-state index contributed by atoms with van der Waals surface area (Å²) in [6, 6.07) is 5.66. The summed E-state index contributed by atoms with van der Waals surface area (Å²) in [7, 11) is 0. The van der Waals surface area contributed by atoms with Crippen LogP contribution in [0.25, 0.3) is 0 Å². The zero-order valence-corrected chi connectivity index (χ0v) is 18.0. The number of nitrogens with zero attached hydrogens (tertiary/aromatic N) is 3.